The molecule has 2 rings (SSSR count). The maximum absolute atomic E-state index is 6.02. The van der Waals surface area contributed by atoms with E-state index in [0.29, 0.717) is 12.5 Å². The van der Waals surface area contributed by atoms with Gasteiger partial charge in [-0.3, -0.25) is 0 Å². The third kappa shape index (κ3) is 4.11. The molecule has 0 aliphatic rings. The third-order valence-electron chi connectivity index (χ3n) is 3.55. The fourth-order valence-corrected chi connectivity index (χ4v) is 2.30. The highest BCUT2D eigenvalue weighted by Gasteiger charge is 2.11. The third-order valence-corrected chi connectivity index (χ3v) is 3.55. The van der Waals surface area contributed by atoms with E-state index in [1.165, 1.54) is 11.1 Å². The summed E-state index contributed by atoms with van der Waals surface area (Å²) < 4.78 is 11.6. The molecule has 0 amide bonds. The normalized spacial score (nSPS) is 11.1. The molecule has 0 aliphatic carbocycles. The van der Waals surface area contributed by atoms with Gasteiger partial charge in [0.1, 0.15) is 18.1 Å². The standard InChI is InChI=1S/C18H25NO2/c1-5-19-11-15-8-9-20-18(15)12-21-17-10-14(4)6-7-16(17)13(2)3/h6-10,13,19H,5,11-12H2,1-4H3. The molecule has 0 radical (unpaired) electrons. The Balaban J connectivity index is 2.09. The quantitative estimate of drug-likeness (QED) is 0.819. The van der Waals surface area contributed by atoms with E-state index in [9.17, 15) is 0 Å². The number of ether oxygens (including phenoxy) is 1. The second kappa shape index (κ2) is 7.32. The van der Waals surface area contributed by atoms with Gasteiger partial charge in [-0.05, 0) is 42.6 Å². The van der Waals surface area contributed by atoms with Crippen molar-refractivity contribution in [3.05, 3.63) is 53.0 Å². The van der Waals surface area contributed by atoms with Crippen molar-refractivity contribution >= 4 is 0 Å². The molecule has 0 spiro atoms. The van der Waals surface area contributed by atoms with Crippen molar-refractivity contribution in [2.45, 2.75) is 46.8 Å². The number of nitrogens with one attached hydrogen (secondary N) is 1. The zero-order chi connectivity index (χ0) is 15.2. The number of furan rings is 1. The van der Waals surface area contributed by atoms with Crippen LogP contribution in [0.4, 0.5) is 0 Å². The van der Waals surface area contributed by atoms with Gasteiger partial charge in [-0.25, -0.2) is 0 Å². The zero-order valence-corrected chi connectivity index (χ0v) is 13.4. The van der Waals surface area contributed by atoms with E-state index in [1.54, 1.807) is 6.26 Å². The van der Waals surface area contributed by atoms with Crippen LogP contribution >= 0.6 is 0 Å². The van der Waals surface area contributed by atoms with Crippen molar-refractivity contribution in [3.8, 4) is 5.75 Å². The Hall–Kier alpha value is -1.74. The molecule has 114 valence electrons. The largest absolute Gasteiger partial charge is 0.485 e. The van der Waals surface area contributed by atoms with E-state index in [2.05, 4.69) is 51.2 Å². The van der Waals surface area contributed by atoms with Gasteiger partial charge in [0.15, 0.2) is 0 Å². The van der Waals surface area contributed by atoms with E-state index >= 15 is 0 Å². The lowest BCUT2D eigenvalue weighted by atomic mass is 10.0. The fraction of sp³-hybridized carbons (Fsp3) is 0.444. The Morgan fingerprint density at radius 2 is 2.05 bits per heavy atom. The number of benzene rings is 1. The van der Waals surface area contributed by atoms with Gasteiger partial charge in [0.25, 0.3) is 0 Å². The molecule has 1 aromatic carbocycles. The van der Waals surface area contributed by atoms with Gasteiger partial charge >= 0.3 is 0 Å². The molecule has 1 N–H and O–H groups in total. The first-order valence-corrected chi connectivity index (χ1v) is 7.61. The van der Waals surface area contributed by atoms with Gasteiger partial charge in [0.2, 0.25) is 0 Å². The Kier molecular flexibility index (Phi) is 5.45. The summed E-state index contributed by atoms with van der Waals surface area (Å²) in [6.07, 6.45) is 1.73. The van der Waals surface area contributed by atoms with Crippen LogP contribution in [0.3, 0.4) is 0 Å². The Labute approximate surface area is 127 Å². The van der Waals surface area contributed by atoms with Gasteiger partial charge in [-0.15, -0.1) is 0 Å². The number of aryl methyl sites for hydroxylation is 1. The molecule has 21 heavy (non-hydrogen) atoms. The van der Waals surface area contributed by atoms with Crippen molar-refractivity contribution in [1.29, 1.82) is 0 Å². The van der Waals surface area contributed by atoms with Crippen molar-refractivity contribution in [2.75, 3.05) is 6.54 Å². The summed E-state index contributed by atoms with van der Waals surface area (Å²) in [7, 11) is 0. The van der Waals surface area contributed by atoms with Crippen molar-refractivity contribution in [3.63, 3.8) is 0 Å². The average molecular weight is 287 g/mol. The van der Waals surface area contributed by atoms with Crippen LogP contribution in [-0.2, 0) is 13.2 Å². The van der Waals surface area contributed by atoms with Crippen molar-refractivity contribution < 1.29 is 9.15 Å². The first-order chi connectivity index (χ1) is 10.1. The molecule has 0 aliphatic heterocycles. The lowest BCUT2D eigenvalue weighted by Gasteiger charge is -2.14. The van der Waals surface area contributed by atoms with E-state index in [1.807, 2.05) is 6.07 Å². The first kappa shape index (κ1) is 15.6. The minimum absolute atomic E-state index is 0.443. The highest BCUT2D eigenvalue weighted by atomic mass is 16.5. The Bertz CT molecular complexity index is 572. The first-order valence-electron chi connectivity index (χ1n) is 7.61. The van der Waals surface area contributed by atoms with Gasteiger partial charge in [0.05, 0.1) is 6.26 Å². The zero-order valence-electron chi connectivity index (χ0n) is 13.4. The summed E-state index contributed by atoms with van der Waals surface area (Å²) in [5.41, 5.74) is 3.61. The molecule has 1 aromatic heterocycles. The molecule has 0 bridgehead atoms. The van der Waals surface area contributed by atoms with E-state index in [0.717, 1.165) is 30.2 Å². The molecule has 3 nitrogen and oxygen atoms in total. The van der Waals surface area contributed by atoms with Crippen LogP contribution in [0.1, 0.15) is 49.1 Å². The van der Waals surface area contributed by atoms with Crippen LogP contribution < -0.4 is 10.1 Å². The molecular weight excluding hydrogens is 262 g/mol. The Morgan fingerprint density at radius 3 is 2.76 bits per heavy atom. The summed E-state index contributed by atoms with van der Waals surface area (Å²) in [5, 5.41) is 3.31. The van der Waals surface area contributed by atoms with Gasteiger partial charge in [-0.1, -0.05) is 32.9 Å². The Morgan fingerprint density at radius 1 is 1.24 bits per heavy atom. The highest BCUT2D eigenvalue weighted by molar-refractivity contribution is 5.39. The van der Waals surface area contributed by atoms with Crippen LogP contribution in [0.15, 0.2) is 34.9 Å². The van der Waals surface area contributed by atoms with Gasteiger partial charge in [0, 0.05) is 12.1 Å². The van der Waals surface area contributed by atoms with E-state index < -0.39 is 0 Å². The van der Waals surface area contributed by atoms with Crippen LogP contribution in [0, 0.1) is 6.92 Å². The topological polar surface area (TPSA) is 34.4 Å². The molecule has 0 saturated heterocycles. The molecule has 0 unspecified atom stereocenters. The summed E-state index contributed by atoms with van der Waals surface area (Å²) in [6, 6.07) is 8.38. The summed E-state index contributed by atoms with van der Waals surface area (Å²) >= 11 is 0. The minimum atomic E-state index is 0.443. The predicted molar refractivity (Wildman–Crippen MR) is 85.7 cm³/mol. The van der Waals surface area contributed by atoms with Gasteiger partial charge < -0.3 is 14.5 Å². The van der Waals surface area contributed by atoms with Crippen molar-refractivity contribution in [1.82, 2.24) is 5.32 Å². The summed E-state index contributed by atoms with van der Waals surface area (Å²) in [4.78, 5) is 0. The minimum Gasteiger partial charge on any atom is -0.485 e. The summed E-state index contributed by atoms with van der Waals surface area (Å²) in [5.74, 6) is 2.29. The second-order valence-electron chi connectivity index (χ2n) is 5.63. The lowest BCUT2D eigenvalue weighted by molar-refractivity contribution is 0.264. The van der Waals surface area contributed by atoms with Gasteiger partial charge in [-0.2, -0.15) is 0 Å². The predicted octanol–water partition coefficient (Wildman–Crippen LogP) is 4.40. The molecule has 2 aromatic rings. The van der Waals surface area contributed by atoms with Crippen LogP contribution in [-0.4, -0.2) is 6.54 Å². The molecule has 0 atom stereocenters. The highest BCUT2D eigenvalue weighted by Crippen LogP contribution is 2.28. The molecular formula is C18H25NO2. The van der Waals surface area contributed by atoms with Crippen LogP contribution in [0.25, 0.3) is 0 Å². The van der Waals surface area contributed by atoms with Crippen molar-refractivity contribution in [2.24, 2.45) is 0 Å². The van der Waals surface area contributed by atoms with Crippen LogP contribution in [0.2, 0.25) is 0 Å². The lowest BCUT2D eigenvalue weighted by Crippen LogP contribution is -2.13. The molecule has 0 fully saturated rings. The number of hydrogen-bond acceptors (Lipinski definition) is 3. The fourth-order valence-electron chi connectivity index (χ4n) is 2.30. The smallest absolute Gasteiger partial charge is 0.146 e. The van der Waals surface area contributed by atoms with E-state index in [4.69, 9.17) is 9.15 Å². The summed E-state index contributed by atoms with van der Waals surface area (Å²) in [6.45, 7) is 10.8. The van der Waals surface area contributed by atoms with Crippen LogP contribution in [0.5, 0.6) is 5.75 Å². The van der Waals surface area contributed by atoms with E-state index in [-0.39, 0.29) is 0 Å². The molecule has 0 saturated carbocycles. The number of rotatable bonds is 7. The number of hydrogen-bond donors (Lipinski definition) is 1. The monoisotopic (exact) mass is 287 g/mol. The average Bonchev–Trinajstić information content (AvgIpc) is 2.90. The molecule has 1 heterocycles. The molecule has 3 heteroatoms. The second-order valence-corrected chi connectivity index (χ2v) is 5.63. The maximum atomic E-state index is 6.02. The maximum Gasteiger partial charge on any atom is 0.146 e. The SMILES string of the molecule is CCNCc1ccoc1COc1cc(C)ccc1C(C)C.